The first-order chi connectivity index (χ1) is 8.56. The molecule has 0 aliphatic rings. The van der Waals surface area contributed by atoms with Gasteiger partial charge in [-0.1, -0.05) is 0 Å². The molecule has 0 radical (unpaired) electrons. The molecule has 0 heterocycles. The van der Waals surface area contributed by atoms with Crippen LogP contribution in [0.1, 0.15) is 6.92 Å². The van der Waals surface area contributed by atoms with Crippen LogP contribution in [0.3, 0.4) is 0 Å². The van der Waals surface area contributed by atoms with Crippen LogP contribution in [0.15, 0.2) is 23.5 Å². The summed E-state index contributed by atoms with van der Waals surface area (Å²) in [5.74, 6) is -0.363. The number of hydrogen-bond acceptors (Lipinski definition) is 6. The second-order valence-electron chi connectivity index (χ2n) is 3.40. The van der Waals surface area contributed by atoms with Crippen molar-refractivity contribution in [3.8, 4) is 12.1 Å². The Morgan fingerprint density at radius 2 is 2.00 bits per heavy atom. The first-order valence-electron chi connectivity index (χ1n) is 5.34. The predicted octanol–water partition coefficient (Wildman–Crippen LogP) is 0.516. The Bertz CT molecular complexity index is 408. The van der Waals surface area contributed by atoms with Gasteiger partial charge in [0.1, 0.15) is 18.7 Å². The molecule has 0 aliphatic carbocycles. The molecule has 0 bridgehead atoms. The summed E-state index contributed by atoms with van der Waals surface area (Å²) >= 11 is 0. The van der Waals surface area contributed by atoms with Gasteiger partial charge in [0.25, 0.3) is 0 Å². The van der Waals surface area contributed by atoms with Crippen LogP contribution in [-0.4, -0.2) is 38.1 Å². The number of esters is 1. The Morgan fingerprint density at radius 3 is 2.44 bits per heavy atom. The maximum atomic E-state index is 11.0. The van der Waals surface area contributed by atoms with E-state index in [1.165, 1.54) is 6.20 Å². The topological polar surface area (TPSA) is 89.1 Å². The quantitative estimate of drug-likeness (QED) is 0.418. The molecule has 1 N–H and O–H groups in total. The van der Waals surface area contributed by atoms with Gasteiger partial charge in [0.05, 0.1) is 12.3 Å². The summed E-state index contributed by atoms with van der Waals surface area (Å²) in [5.41, 5.74) is 0.477. The van der Waals surface area contributed by atoms with Crippen molar-refractivity contribution in [3.05, 3.63) is 23.5 Å². The summed E-state index contributed by atoms with van der Waals surface area (Å²) in [4.78, 5) is 12.7. The monoisotopic (exact) mass is 248 g/mol. The first kappa shape index (κ1) is 15.5. The van der Waals surface area contributed by atoms with Gasteiger partial charge in [0, 0.05) is 14.1 Å². The molecule has 0 amide bonds. The average molecular weight is 248 g/mol. The fourth-order valence-electron chi connectivity index (χ4n) is 1.09. The van der Waals surface area contributed by atoms with Crippen molar-refractivity contribution in [1.29, 1.82) is 10.5 Å². The van der Waals surface area contributed by atoms with Crippen molar-refractivity contribution in [1.82, 2.24) is 10.2 Å². The number of hydrogen-bond donors (Lipinski definition) is 1. The first-order valence-corrected chi connectivity index (χ1v) is 5.34. The highest BCUT2D eigenvalue weighted by Gasteiger charge is 2.04. The van der Waals surface area contributed by atoms with Crippen LogP contribution in [0.2, 0.25) is 0 Å². The average Bonchev–Trinajstić information content (AvgIpc) is 2.33. The van der Waals surface area contributed by atoms with Crippen LogP contribution in [0, 0.1) is 22.7 Å². The summed E-state index contributed by atoms with van der Waals surface area (Å²) in [7, 11) is 3.44. The Hall–Kier alpha value is -2.47. The van der Waals surface area contributed by atoms with Gasteiger partial charge in [-0.3, -0.25) is 4.79 Å². The van der Waals surface area contributed by atoms with E-state index < -0.39 is 0 Å². The molecular weight excluding hydrogens is 232 g/mol. The lowest BCUT2D eigenvalue weighted by Crippen LogP contribution is -2.20. The Kier molecular flexibility index (Phi) is 7.47. The SMILES string of the molecule is CCOC(=O)CN/C=C/C(=C(C#N)C#N)N(C)C. The third kappa shape index (κ3) is 5.57. The molecule has 0 spiro atoms. The number of ether oxygens (including phenoxy) is 1. The van der Waals surface area contributed by atoms with Crippen molar-refractivity contribution in [3.63, 3.8) is 0 Å². The molecule has 0 aromatic rings. The third-order valence-corrected chi connectivity index (χ3v) is 1.87. The number of nitrogens with zero attached hydrogens (tertiary/aromatic N) is 3. The van der Waals surface area contributed by atoms with Crippen molar-refractivity contribution in [2.75, 3.05) is 27.2 Å². The number of likely N-dealkylation sites (N-methyl/N-ethyl adjacent to an activating group) is 1. The molecule has 0 aliphatic heterocycles. The largest absolute Gasteiger partial charge is 0.465 e. The highest BCUT2D eigenvalue weighted by molar-refractivity contribution is 5.71. The molecule has 96 valence electrons. The standard InChI is InChI=1S/C12H16N4O2/c1-4-18-12(17)9-15-6-5-11(16(2)3)10(7-13)8-14/h5-6,15H,4,9H2,1-3H3/b6-5+. The van der Waals surface area contributed by atoms with Crippen LogP contribution >= 0.6 is 0 Å². The van der Waals surface area contributed by atoms with Crippen molar-refractivity contribution in [2.24, 2.45) is 0 Å². The van der Waals surface area contributed by atoms with E-state index in [-0.39, 0.29) is 18.1 Å². The number of nitriles is 2. The van der Waals surface area contributed by atoms with Gasteiger partial charge in [0.2, 0.25) is 0 Å². The highest BCUT2D eigenvalue weighted by Crippen LogP contribution is 2.06. The van der Waals surface area contributed by atoms with E-state index in [4.69, 9.17) is 15.3 Å². The predicted molar refractivity (Wildman–Crippen MR) is 65.7 cm³/mol. The minimum absolute atomic E-state index is 0.00850. The smallest absolute Gasteiger partial charge is 0.325 e. The molecule has 0 aromatic heterocycles. The summed E-state index contributed by atoms with van der Waals surface area (Å²) < 4.78 is 4.72. The van der Waals surface area contributed by atoms with E-state index in [0.29, 0.717) is 12.3 Å². The summed E-state index contributed by atoms with van der Waals surface area (Å²) in [6, 6.07) is 3.62. The molecule has 0 atom stereocenters. The van der Waals surface area contributed by atoms with Gasteiger partial charge >= 0.3 is 5.97 Å². The second-order valence-corrected chi connectivity index (χ2v) is 3.40. The summed E-state index contributed by atoms with van der Waals surface area (Å²) in [5, 5.41) is 20.3. The molecular formula is C12H16N4O2. The fraction of sp³-hybridized carbons (Fsp3) is 0.417. The lowest BCUT2D eigenvalue weighted by molar-refractivity contribution is -0.141. The van der Waals surface area contributed by atoms with Crippen LogP contribution < -0.4 is 5.32 Å². The van der Waals surface area contributed by atoms with E-state index >= 15 is 0 Å². The number of allylic oxidation sites excluding steroid dienone is 2. The molecule has 0 saturated carbocycles. The molecule has 6 nitrogen and oxygen atoms in total. The molecule has 6 heteroatoms. The van der Waals surface area contributed by atoms with Crippen LogP contribution in [0.5, 0.6) is 0 Å². The maximum Gasteiger partial charge on any atom is 0.325 e. The molecule has 0 rings (SSSR count). The highest BCUT2D eigenvalue weighted by atomic mass is 16.5. The van der Waals surface area contributed by atoms with E-state index in [0.717, 1.165) is 0 Å². The van der Waals surface area contributed by atoms with Crippen LogP contribution in [-0.2, 0) is 9.53 Å². The molecule has 0 unspecified atom stereocenters. The Balaban J connectivity index is 4.56. The summed E-state index contributed by atoms with van der Waals surface area (Å²) in [6.07, 6.45) is 3.06. The van der Waals surface area contributed by atoms with E-state index in [1.807, 2.05) is 12.1 Å². The number of nitrogens with one attached hydrogen (secondary N) is 1. The van der Waals surface area contributed by atoms with Gasteiger partial charge in [-0.15, -0.1) is 0 Å². The second kappa shape index (κ2) is 8.66. The van der Waals surface area contributed by atoms with Gasteiger partial charge in [0.15, 0.2) is 5.57 Å². The maximum absolute atomic E-state index is 11.0. The van der Waals surface area contributed by atoms with Crippen LogP contribution in [0.25, 0.3) is 0 Å². The normalized spacial score (nSPS) is 9.17. The number of carbonyl (C=O) groups is 1. The van der Waals surface area contributed by atoms with E-state index in [9.17, 15) is 4.79 Å². The Labute approximate surface area is 107 Å². The van der Waals surface area contributed by atoms with E-state index in [2.05, 4.69) is 5.32 Å². The van der Waals surface area contributed by atoms with Crippen molar-refractivity contribution < 1.29 is 9.53 Å². The zero-order valence-corrected chi connectivity index (χ0v) is 10.7. The minimum atomic E-state index is -0.363. The van der Waals surface area contributed by atoms with Gasteiger partial charge in [-0.2, -0.15) is 10.5 Å². The number of rotatable bonds is 6. The third-order valence-electron chi connectivity index (χ3n) is 1.87. The number of carbonyl (C=O) groups excluding carboxylic acids is 1. The van der Waals surface area contributed by atoms with Crippen LogP contribution in [0.4, 0.5) is 0 Å². The summed E-state index contributed by atoms with van der Waals surface area (Å²) in [6.45, 7) is 2.10. The fourth-order valence-corrected chi connectivity index (χ4v) is 1.09. The molecule has 0 aromatic carbocycles. The lowest BCUT2D eigenvalue weighted by atomic mass is 10.2. The van der Waals surface area contributed by atoms with Gasteiger partial charge in [-0.25, -0.2) is 0 Å². The van der Waals surface area contributed by atoms with E-state index in [1.54, 1.807) is 32.0 Å². The Morgan fingerprint density at radius 1 is 1.39 bits per heavy atom. The van der Waals surface area contributed by atoms with Crippen molar-refractivity contribution >= 4 is 5.97 Å². The lowest BCUT2D eigenvalue weighted by Gasteiger charge is -2.13. The zero-order chi connectivity index (χ0) is 14.0. The van der Waals surface area contributed by atoms with Gasteiger partial charge < -0.3 is 15.0 Å². The minimum Gasteiger partial charge on any atom is -0.465 e. The zero-order valence-electron chi connectivity index (χ0n) is 10.7. The van der Waals surface area contributed by atoms with Crippen molar-refractivity contribution in [2.45, 2.75) is 6.92 Å². The molecule has 0 saturated heterocycles. The van der Waals surface area contributed by atoms with Gasteiger partial charge in [-0.05, 0) is 19.2 Å². The molecule has 18 heavy (non-hydrogen) atoms. The molecule has 0 fully saturated rings.